The Morgan fingerprint density at radius 3 is 2.60 bits per heavy atom. The van der Waals surface area contributed by atoms with Crippen LogP contribution in [0, 0.1) is 5.92 Å². The topological polar surface area (TPSA) is 66.9 Å². The molecule has 1 aromatic rings. The first-order chi connectivity index (χ1) is 11.9. The second-order valence-corrected chi connectivity index (χ2v) is 9.21. The summed E-state index contributed by atoms with van der Waals surface area (Å²) in [7, 11) is -3.66. The normalized spacial score (nSPS) is 19.0. The number of sulfonamides is 1. The number of hydrogen-bond donors (Lipinski definition) is 0. The third kappa shape index (κ3) is 4.24. The first-order valence-electron chi connectivity index (χ1n) is 8.60. The van der Waals surface area contributed by atoms with E-state index in [9.17, 15) is 13.2 Å². The van der Waals surface area contributed by atoms with Gasteiger partial charge in [0.1, 0.15) is 0 Å². The fraction of sp³-hybridized carbons (Fsp3) is 0.588. The summed E-state index contributed by atoms with van der Waals surface area (Å²) in [5, 5.41) is 0. The lowest BCUT2D eigenvalue weighted by Crippen LogP contribution is -2.40. The number of rotatable bonds is 6. The first kappa shape index (κ1) is 18.8. The van der Waals surface area contributed by atoms with Crippen molar-refractivity contribution in [3.8, 4) is 0 Å². The number of nitrogens with zero attached hydrogens (tertiary/aromatic N) is 2. The number of carbonyl (C=O) groups excluding carboxylic acids is 1. The van der Waals surface area contributed by atoms with Gasteiger partial charge in [0, 0.05) is 36.2 Å². The Hall–Kier alpha value is -0.960. The van der Waals surface area contributed by atoms with Gasteiger partial charge in [-0.3, -0.25) is 4.79 Å². The molecule has 0 radical (unpaired) electrons. The van der Waals surface area contributed by atoms with Gasteiger partial charge in [0.05, 0.1) is 18.1 Å². The lowest BCUT2D eigenvalue weighted by atomic mass is 10.2. The van der Waals surface area contributed by atoms with E-state index in [0.717, 1.165) is 6.54 Å². The minimum absolute atomic E-state index is 0.111. The smallest absolute Gasteiger partial charge is 0.253 e. The van der Waals surface area contributed by atoms with E-state index in [1.54, 1.807) is 17.0 Å². The maximum absolute atomic E-state index is 12.9. The SMILES string of the molecule is CCN(CC1CC1)C(=O)c1ccc(Br)c(S(=O)(=O)N2CCOCC2)c1. The Labute approximate surface area is 157 Å². The van der Waals surface area contributed by atoms with Gasteiger partial charge >= 0.3 is 0 Å². The zero-order valence-corrected chi connectivity index (χ0v) is 16.7. The number of morpholine rings is 1. The molecule has 8 heteroatoms. The summed E-state index contributed by atoms with van der Waals surface area (Å²) in [5.41, 5.74) is 0.414. The van der Waals surface area contributed by atoms with Crippen molar-refractivity contribution in [3.63, 3.8) is 0 Å². The zero-order chi connectivity index (χ0) is 18.0. The van der Waals surface area contributed by atoms with Crippen LogP contribution in [-0.4, -0.2) is 62.9 Å². The van der Waals surface area contributed by atoms with Crippen LogP contribution in [0.1, 0.15) is 30.1 Å². The molecule has 0 aromatic heterocycles. The molecule has 6 nitrogen and oxygen atoms in total. The molecule has 1 heterocycles. The Morgan fingerprint density at radius 2 is 2.00 bits per heavy atom. The van der Waals surface area contributed by atoms with E-state index in [-0.39, 0.29) is 10.8 Å². The van der Waals surface area contributed by atoms with Crippen LogP contribution >= 0.6 is 15.9 Å². The van der Waals surface area contributed by atoms with Crippen LogP contribution in [0.5, 0.6) is 0 Å². The highest BCUT2D eigenvalue weighted by atomic mass is 79.9. The van der Waals surface area contributed by atoms with E-state index in [1.807, 2.05) is 6.92 Å². The second kappa shape index (κ2) is 7.73. The quantitative estimate of drug-likeness (QED) is 0.694. The Bertz CT molecular complexity index is 743. The van der Waals surface area contributed by atoms with Crippen molar-refractivity contribution in [2.24, 2.45) is 5.92 Å². The Morgan fingerprint density at radius 1 is 1.32 bits per heavy atom. The van der Waals surface area contributed by atoms with E-state index < -0.39 is 10.0 Å². The lowest BCUT2D eigenvalue weighted by Gasteiger charge is -2.27. The van der Waals surface area contributed by atoms with E-state index in [0.29, 0.717) is 48.8 Å². The maximum Gasteiger partial charge on any atom is 0.253 e. The molecule has 2 fully saturated rings. The highest BCUT2D eigenvalue weighted by molar-refractivity contribution is 9.10. The van der Waals surface area contributed by atoms with Gasteiger partial charge < -0.3 is 9.64 Å². The molecule has 2 aliphatic rings. The summed E-state index contributed by atoms with van der Waals surface area (Å²) in [5.74, 6) is 0.483. The minimum atomic E-state index is -3.66. The molecule has 0 N–H and O–H groups in total. The number of amides is 1. The van der Waals surface area contributed by atoms with Crippen LogP contribution in [-0.2, 0) is 14.8 Å². The fourth-order valence-corrected chi connectivity index (χ4v) is 5.27. The average molecular weight is 431 g/mol. The number of carbonyl (C=O) groups is 1. The van der Waals surface area contributed by atoms with Crippen molar-refractivity contribution < 1.29 is 17.9 Å². The monoisotopic (exact) mass is 430 g/mol. The molecule has 1 aromatic carbocycles. The van der Waals surface area contributed by atoms with Gasteiger partial charge in [-0.05, 0) is 59.8 Å². The van der Waals surface area contributed by atoms with Gasteiger partial charge in [0.15, 0.2) is 0 Å². The molecule has 0 atom stereocenters. The van der Waals surface area contributed by atoms with Crippen molar-refractivity contribution >= 4 is 31.9 Å². The number of benzene rings is 1. The largest absolute Gasteiger partial charge is 0.379 e. The van der Waals surface area contributed by atoms with Crippen LogP contribution < -0.4 is 0 Å². The molecule has 1 aliphatic heterocycles. The highest BCUT2D eigenvalue weighted by Crippen LogP contribution is 2.31. The zero-order valence-electron chi connectivity index (χ0n) is 14.3. The summed E-state index contributed by atoms with van der Waals surface area (Å²) in [6.07, 6.45) is 2.33. The number of ether oxygens (including phenoxy) is 1. The van der Waals surface area contributed by atoms with E-state index >= 15 is 0 Å². The molecule has 1 saturated heterocycles. The predicted octanol–water partition coefficient (Wildman–Crippen LogP) is 2.34. The van der Waals surface area contributed by atoms with E-state index in [2.05, 4.69) is 15.9 Å². The molecule has 0 spiro atoms. The van der Waals surface area contributed by atoms with Crippen LogP contribution in [0.4, 0.5) is 0 Å². The molecule has 1 amide bonds. The van der Waals surface area contributed by atoms with Crippen molar-refractivity contribution in [3.05, 3.63) is 28.2 Å². The van der Waals surface area contributed by atoms with Crippen molar-refractivity contribution in [2.75, 3.05) is 39.4 Å². The minimum Gasteiger partial charge on any atom is -0.379 e. The standard InChI is InChI=1S/C17H23BrN2O4S/c1-2-19(12-13-3-4-13)17(21)14-5-6-15(18)16(11-14)25(22,23)20-7-9-24-10-8-20/h5-6,11,13H,2-4,7-10,12H2,1H3. The third-order valence-corrected chi connectivity index (χ3v) is 7.50. The second-order valence-electron chi connectivity index (χ2n) is 6.45. The molecule has 1 saturated carbocycles. The van der Waals surface area contributed by atoms with Crippen molar-refractivity contribution in [2.45, 2.75) is 24.7 Å². The first-order valence-corrected chi connectivity index (χ1v) is 10.8. The molecule has 25 heavy (non-hydrogen) atoms. The summed E-state index contributed by atoms with van der Waals surface area (Å²) in [6.45, 7) is 4.75. The molecule has 0 unspecified atom stereocenters. The van der Waals surface area contributed by atoms with Crippen LogP contribution in [0.15, 0.2) is 27.6 Å². The van der Waals surface area contributed by atoms with Crippen molar-refractivity contribution in [1.82, 2.24) is 9.21 Å². The summed E-state index contributed by atoms with van der Waals surface area (Å²) >= 11 is 3.32. The van der Waals surface area contributed by atoms with Crippen molar-refractivity contribution in [1.29, 1.82) is 0 Å². The molecule has 3 rings (SSSR count). The van der Waals surface area contributed by atoms with Gasteiger partial charge in [-0.2, -0.15) is 4.31 Å². The summed E-state index contributed by atoms with van der Waals surface area (Å²) in [6, 6.07) is 4.82. The molecular weight excluding hydrogens is 408 g/mol. The highest BCUT2D eigenvalue weighted by Gasteiger charge is 2.30. The van der Waals surface area contributed by atoms with Gasteiger partial charge in [0.25, 0.3) is 5.91 Å². The average Bonchev–Trinajstić information content (AvgIpc) is 3.44. The Kier molecular flexibility index (Phi) is 5.82. The van der Waals surface area contributed by atoms with Gasteiger partial charge in [-0.25, -0.2) is 8.42 Å². The molecule has 1 aliphatic carbocycles. The van der Waals surface area contributed by atoms with Crippen LogP contribution in [0.2, 0.25) is 0 Å². The molecule has 0 bridgehead atoms. The molecular formula is C17H23BrN2O4S. The third-order valence-electron chi connectivity index (χ3n) is 4.61. The number of hydrogen-bond acceptors (Lipinski definition) is 4. The fourth-order valence-electron chi connectivity index (χ4n) is 2.91. The lowest BCUT2D eigenvalue weighted by molar-refractivity contribution is 0.0729. The summed E-state index contributed by atoms with van der Waals surface area (Å²) < 4.78 is 33.0. The van der Waals surface area contributed by atoms with Gasteiger partial charge in [-0.1, -0.05) is 0 Å². The van der Waals surface area contributed by atoms with E-state index in [4.69, 9.17) is 4.74 Å². The maximum atomic E-state index is 12.9. The Balaban J connectivity index is 1.87. The molecule has 138 valence electrons. The van der Waals surface area contributed by atoms with E-state index in [1.165, 1.54) is 23.2 Å². The van der Waals surface area contributed by atoms with Crippen LogP contribution in [0.3, 0.4) is 0 Å². The van der Waals surface area contributed by atoms with Gasteiger partial charge in [-0.15, -0.1) is 0 Å². The van der Waals surface area contributed by atoms with Crippen LogP contribution in [0.25, 0.3) is 0 Å². The predicted molar refractivity (Wildman–Crippen MR) is 98.0 cm³/mol. The number of halogens is 1. The summed E-state index contributed by atoms with van der Waals surface area (Å²) in [4.78, 5) is 14.7. The van der Waals surface area contributed by atoms with Gasteiger partial charge in [0.2, 0.25) is 10.0 Å².